The van der Waals surface area contributed by atoms with Crippen LogP contribution in [0.4, 0.5) is 0 Å². The third-order valence-corrected chi connectivity index (χ3v) is 4.69. The molecule has 1 atom stereocenters. The van der Waals surface area contributed by atoms with E-state index >= 15 is 0 Å². The summed E-state index contributed by atoms with van der Waals surface area (Å²) in [7, 11) is 2.06. The Hall–Kier alpha value is -1.85. The highest BCUT2D eigenvalue weighted by Gasteiger charge is 2.41. The van der Waals surface area contributed by atoms with E-state index in [1.807, 2.05) is 12.1 Å². The molecular weight excluding hydrogens is 266 g/mol. The monoisotopic (exact) mass is 287 g/mol. The second-order valence-corrected chi connectivity index (χ2v) is 6.07. The zero-order valence-corrected chi connectivity index (χ0v) is 12.5. The summed E-state index contributed by atoms with van der Waals surface area (Å²) in [6, 6.07) is 8.32. The first-order valence-corrected chi connectivity index (χ1v) is 7.20. The lowest BCUT2D eigenvalue weighted by Gasteiger charge is -2.20. The van der Waals surface area contributed by atoms with Gasteiger partial charge in [-0.1, -0.05) is 18.2 Å². The molecule has 5 heteroatoms. The Morgan fingerprint density at radius 2 is 2.14 bits per heavy atom. The van der Waals surface area contributed by atoms with E-state index in [9.17, 15) is 9.90 Å². The predicted molar refractivity (Wildman–Crippen MR) is 82.1 cm³/mol. The average molecular weight is 287 g/mol. The molecule has 3 N–H and O–H groups in total. The van der Waals surface area contributed by atoms with Crippen molar-refractivity contribution >= 4 is 16.9 Å². The Balaban J connectivity index is 1.88. The molecule has 5 nitrogen and oxygen atoms in total. The van der Waals surface area contributed by atoms with Crippen molar-refractivity contribution in [1.82, 2.24) is 9.47 Å². The number of carboxylic acids is 1. The number of carbonyl (C=O) groups is 1. The highest BCUT2D eigenvalue weighted by atomic mass is 16.4. The first-order chi connectivity index (χ1) is 9.92. The van der Waals surface area contributed by atoms with Crippen LogP contribution in [0.3, 0.4) is 0 Å². The van der Waals surface area contributed by atoms with Crippen LogP contribution in [0, 0.1) is 6.92 Å². The van der Waals surface area contributed by atoms with Crippen molar-refractivity contribution < 1.29 is 9.90 Å². The molecule has 2 heterocycles. The number of aryl methyl sites for hydroxylation is 2. The van der Waals surface area contributed by atoms with Gasteiger partial charge in [-0.2, -0.15) is 0 Å². The van der Waals surface area contributed by atoms with E-state index in [2.05, 4.69) is 35.6 Å². The number of nitrogens with zero attached hydrogens (tertiary/aromatic N) is 2. The highest BCUT2D eigenvalue weighted by molar-refractivity contribution is 5.85. The molecule has 1 aliphatic heterocycles. The molecule has 0 saturated carbocycles. The molecule has 112 valence electrons. The third kappa shape index (κ3) is 2.22. The molecule has 1 saturated heterocycles. The fraction of sp³-hybridized carbons (Fsp3) is 0.438. The Kier molecular flexibility index (Phi) is 3.26. The molecule has 0 aliphatic carbocycles. The van der Waals surface area contributed by atoms with E-state index in [-0.39, 0.29) is 0 Å². The molecule has 1 unspecified atom stereocenters. The number of fused-ring (bicyclic) bond motifs is 1. The Labute approximate surface area is 124 Å². The summed E-state index contributed by atoms with van der Waals surface area (Å²) in [5, 5.41) is 10.5. The Morgan fingerprint density at radius 1 is 1.43 bits per heavy atom. The number of carboxylic acid groups (broad SMARTS) is 1. The van der Waals surface area contributed by atoms with Crippen LogP contribution in [0.5, 0.6) is 0 Å². The Morgan fingerprint density at radius 3 is 2.76 bits per heavy atom. The molecular formula is C16H21N3O2. The van der Waals surface area contributed by atoms with Crippen molar-refractivity contribution in [1.29, 1.82) is 0 Å². The second-order valence-electron chi connectivity index (χ2n) is 6.07. The third-order valence-electron chi connectivity index (χ3n) is 4.69. The first kappa shape index (κ1) is 14.1. The number of hydrogen-bond acceptors (Lipinski definition) is 3. The molecule has 3 rings (SSSR count). The van der Waals surface area contributed by atoms with Gasteiger partial charge in [0.1, 0.15) is 5.54 Å². The summed E-state index contributed by atoms with van der Waals surface area (Å²) < 4.78 is 2.20. The van der Waals surface area contributed by atoms with Crippen molar-refractivity contribution in [3.8, 4) is 0 Å². The smallest absolute Gasteiger partial charge is 0.325 e. The maximum absolute atomic E-state index is 11.2. The van der Waals surface area contributed by atoms with E-state index in [4.69, 9.17) is 5.73 Å². The van der Waals surface area contributed by atoms with Gasteiger partial charge >= 0.3 is 5.97 Å². The molecule has 1 aromatic heterocycles. The van der Waals surface area contributed by atoms with Crippen LogP contribution in [-0.2, 0) is 18.4 Å². The van der Waals surface area contributed by atoms with Crippen LogP contribution in [0.1, 0.15) is 17.7 Å². The number of rotatable bonds is 3. The van der Waals surface area contributed by atoms with E-state index < -0.39 is 11.5 Å². The van der Waals surface area contributed by atoms with Crippen molar-refractivity contribution in [2.24, 2.45) is 12.8 Å². The molecule has 0 amide bonds. The molecule has 1 aliphatic rings. The van der Waals surface area contributed by atoms with Gasteiger partial charge in [0.25, 0.3) is 0 Å². The molecule has 21 heavy (non-hydrogen) atoms. The van der Waals surface area contributed by atoms with Crippen LogP contribution >= 0.6 is 0 Å². The minimum absolute atomic E-state index is 0.406. The maximum atomic E-state index is 11.2. The summed E-state index contributed by atoms with van der Waals surface area (Å²) >= 11 is 0. The fourth-order valence-corrected chi connectivity index (χ4v) is 3.30. The van der Waals surface area contributed by atoms with Gasteiger partial charge in [-0.25, -0.2) is 0 Å². The number of para-hydroxylation sites is 1. The van der Waals surface area contributed by atoms with E-state index in [0.29, 0.717) is 13.0 Å². The van der Waals surface area contributed by atoms with Gasteiger partial charge in [-0.15, -0.1) is 0 Å². The van der Waals surface area contributed by atoms with Gasteiger partial charge in [0, 0.05) is 43.3 Å². The lowest BCUT2D eigenvalue weighted by Crippen LogP contribution is -2.50. The fourth-order valence-electron chi connectivity index (χ4n) is 3.30. The number of hydrogen-bond donors (Lipinski definition) is 2. The van der Waals surface area contributed by atoms with Gasteiger partial charge in [0.2, 0.25) is 0 Å². The lowest BCUT2D eigenvalue weighted by atomic mass is 10.0. The zero-order valence-electron chi connectivity index (χ0n) is 12.5. The molecule has 1 aromatic carbocycles. The van der Waals surface area contributed by atoms with Crippen LogP contribution in [-0.4, -0.2) is 39.2 Å². The summed E-state index contributed by atoms with van der Waals surface area (Å²) in [5.41, 5.74) is 8.55. The van der Waals surface area contributed by atoms with E-state index in [0.717, 1.165) is 13.1 Å². The Bertz CT molecular complexity index is 668. The minimum Gasteiger partial charge on any atom is -0.480 e. The van der Waals surface area contributed by atoms with E-state index in [1.165, 1.54) is 22.2 Å². The normalized spacial score (nSPS) is 23.0. The van der Waals surface area contributed by atoms with Crippen molar-refractivity contribution in [3.63, 3.8) is 0 Å². The zero-order chi connectivity index (χ0) is 15.2. The van der Waals surface area contributed by atoms with Crippen LogP contribution in [0.25, 0.3) is 10.9 Å². The number of likely N-dealkylation sites (tertiary alicyclic amines) is 1. The van der Waals surface area contributed by atoms with Crippen LogP contribution in [0.2, 0.25) is 0 Å². The molecule has 2 aromatic rings. The van der Waals surface area contributed by atoms with Crippen molar-refractivity contribution in [2.75, 3.05) is 13.1 Å². The van der Waals surface area contributed by atoms with Gasteiger partial charge < -0.3 is 15.4 Å². The summed E-state index contributed by atoms with van der Waals surface area (Å²) in [6.07, 6.45) is 0.505. The largest absolute Gasteiger partial charge is 0.480 e. The number of benzene rings is 1. The van der Waals surface area contributed by atoms with Gasteiger partial charge in [0.05, 0.1) is 0 Å². The summed E-state index contributed by atoms with van der Waals surface area (Å²) in [4.78, 5) is 13.4. The predicted octanol–water partition coefficient (Wildman–Crippen LogP) is 1.47. The van der Waals surface area contributed by atoms with Gasteiger partial charge in [-0.3, -0.25) is 9.69 Å². The number of aromatic nitrogens is 1. The standard InChI is InChI=1S/C16H21N3O2/c1-11-12-5-3-4-6-13(12)18(2)14(11)9-19-8-7-16(17,10-19)15(20)21/h3-6H,7-10,17H2,1-2H3,(H,20,21). The summed E-state index contributed by atoms with van der Waals surface area (Å²) in [5.74, 6) is -0.904. The van der Waals surface area contributed by atoms with Crippen LogP contribution in [0.15, 0.2) is 24.3 Å². The average Bonchev–Trinajstić information content (AvgIpc) is 2.95. The maximum Gasteiger partial charge on any atom is 0.325 e. The lowest BCUT2D eigenvalue weighted by molar-refractivity contribution is -0.142. The topological polar surface area (TPSA) is 71.5 Å². The van der Waals surface area contributed by atoms with Gasteiger partial charge in [-0.05, 0) is 25.0 Å². The van der Waals surface area contributed by atoms with Crippen molar-refractivity contribution in [2.45, 2.75) is 25.4 Å². The highest BCUT2D eigenvalue weighted by Crippen LogP contribution is 2.27. The number of nitrogens with two attached hydrogens (primary N) is 1. The van der Waals surface area contributed by atoms with Crippen LogP contribution < -0.4 is 5.73 Å². The first-order valence-electron chi connectivity index (χ1n) is 7.20. The van der Waals surface area contributed by atoms with E-state index in [1.54, 1.807) is 0 Å². The quantitative estimate of drug-likeness (QED) is 0.897. The molecule has 0 radical (unpaired) electrons. The van der Waals surface area contributed by atoms with Gasteiger partial charge in [0.15, 0.2) is 0 Å². The molecule has 0 spiro atoms. The molecule has 0 bridgehead atoms. The van der Waals surface area contributed by atoms with Crippen molar-refractivity contribution in [3.05, 3.63) is 35.5 Å². The minimum atomic E-state index is -1.10. The summed E-state index contributed by atoms with van der Waals surface area (Å²) in [6.45, 7) is 4.00. The second kappa shape index (κ2) is 4.86. The molecule has 1 fully saturated rings. The SMILES string of the molecule is Cc1c(CN2CCC(N)(C(=O)O)C2)n(C)c2ccccc12. The number of aliphatic carboxylic acids is 1.